The van der Waals surface area contributed by atoms with E-state index in [9.17, 15) is 9.59 Å². The van der Waals surface area contributed by atoms with Gasteiger partial charge in [0.15, 0.2) is 0 Å². The van der Waals surface area contributed by atoms with Crippen LogP contribution in [0.15, 0.2) is 18.2 Å². The van der Waals surface area contributed by atoms with Gasteiger partial charge >= 0.3 is 5.97 Å². The second kappa shape index (κ2) is 4.83. The van der Waals surface area contributed by atoms with Gasteiger partial charge in [0.25, 0.3) is 5.91 Å². The summed E-state index contributed by atoms with van der Waals surface area (Å²) in [6.45, 7) is 2.21. The lowest BCUT2D eigenvalue weighted by molar-refractivity contribution is -0.142. The SMILES string of the molecule is Cc1ccc(C(=O)N2CCC(N)(C(=O)O)C2)cc1Cl. The summed E-state index contributed by atoms with van der Waals surface area (Å²) in [4.78, 5) is 24.7. The Morgan fingerprint density at radius 1 is 1.47 bits per heavy atom. The molecule has 19 heavy (non-hydrogen) atoms. The minimum atomic E-state index is -1.34. The minimum absolute atomic E-state index is 0.0205. The first kappa shape index (κ1) is 13.8. The van der Waals surface area contributed by atoms with Crippen molar-refractivity contribution in [2.45, 2.75) is 18.9 Å². The zero-order valence-corrected chi connectivity index (χ0v) is 11.3. The van der Waals surface area contributed by atoms with Crippen LogP contribution in [-0.2, 0) is 4.79 Å². The summed E-state index contributed by atoms with van der Waals surface area (Å²) in [6, 6.07) is 5.04. The molecule has 1 atom stereocenters. The molecule has 1 unspecified atom stereocenters. The zero-order chi connectivity index (χ0) is 14.2. The summed E-state index contributed by atoms with van der Waals surface area (Å²) in [5, 5.41) is 9.56. The molecule has 1 aliphatic heterocycles. The number of halogens is 1. The molecule has 1 heterocycles. The number of carbonyl (C=O) groups is 2. The fourth-order valence-electron chi connectivity index (χ4n) is 2.09. The number of likely N-dealkylation sites (tertiary alicyclic amines) is 1. The van der Waals surface area contributed by atoms with Crippen LogP contribution in [0.2, 0.25) is 5.02 Å². The van der Waals surface area contributed by atoms with Crippen LogP contribution in [0.4, 0.5) is 0 Å². The Bertz CT molecular complexity index is 547. The standard InChI is InChI=1S/C13H15ClN2O3/c1-8-2-3-9(6-10(8)14)11(17)16-5-4-13(15,7-16)12(18)19/h2-3,6H,4-5,7,15H2,1H3,(H,18,19). The third-order valence-electron chi connectivity index (χ3n) is 3.43. The third-order valence-corrected chi connectivity index (χ3v) is 3.84. The second-order valence-corrected chi connectivity index (χ2v) is 5.31. The summed E-state index contributed by atoms with van der Waals surface area (Å²) in [7, 11) is 0. The van der Waals surface area contributed by atoms with Crippen LogP contribution < -0.4 is 5.73 Å². The van der Waals surface area contributed by atoms with Crippen molar-refractivity contribution in [3.8, 4) is 0 Å². The zero-order valence-electron chi connectivity index (χ0n) is 10.5. The van der Waals surface area contributed by atoms with Crippen molar-refractivity contribution < 1.29 is 14.7 Å². The van der Waals surface area contributed by atoms with E-state index in [1.165, 1.54) is 4.90 Å². The Labute approximate surface area is 116 Å². The number of aryl methyl sites for hydroxylation is 1. The van der Waals surface area contributed by atoms with E-state index < -0.39 is 11.5 Å². The van der Waals surface area contributed by atoms with Gasteiger partial charge in [-0.25, -0.2) is 0 Å². The van der Waals surface area contributed by atoms with E-state index >= 15 is 0 Å². The van der Waals surface area contributed by atoms with Gasteiger partial charge < -0.3 is 15.7 Å². The first-order chi connectivity index (χ1) is 8.83. The number of rotatable bonds is 2. The highest BCUT2D eigenvalue weighted by atomic mass is 35.5. The smallest absolute Gasteiger partial charge is 0.325 e. The van der Waals surface area contributed by atoms with Crippen LogP contribution in [0.5, 0.6) is 0 Å². The molecule has 1 amide bonds. The topological polar surface area (TPSA) is 83.6 Å². The molecule has 1 saturated heterocycles. The number of nitrogens with zero attached hydrogens (tertiary/aromatic N) is 1. The van der Waals surface area contributed by atoms with Crippen LogP contribution in [0.25, 0.3) is 0 Å². The van der Waals surface area contributed by atoms with Crippen molar-refractivity contribution in [2.24, 2.45) is 5.73 Å². The number of aliphatic carboxylic acids is 1. The predicted molar refractivity (Wildman–Crippen MR) is 71.3 cm³/mol. The largest absolute Gasteiger partial charge is 0.480 e. The maximum Gasteiger partial charge on any atom is 0.325 e. The number of hydrogen-bond acceptors (Lipinski definition) is 3. The molecule has 1 aromatic carbocycles. The van der Waals surface area contributed by atoms with Crippen molar-refractivity contribution in [1.29, 1.82) is 0 Å². The van der Waals surface area contributed by atoms with E-state index in [-0.39, 0.29) is 18.9 Å². The first-order valence-electron chi connectivity index (χ1n) is 5.91. The van der Waals surface area contributed by atoms with Crippen LogP contribution in [0.1, 0.15) is 22.3 Å². The Morgan fingerprint density at radius 2 is 2.16 bits per heavy atom. The van der Waals surface area contributed by atoms with Gasteiger partial charge in [-0.05, 0) is 31.0 Å². The average Bonchev–Trinajstić information content (AvgIpc) is 2.76. The highest BCUT2D eigenvalue weighted by Crippen LogP contribution is 2.23. The number of carbonyl (C=O) groups excluding carboxylic acids is 1. The maximum atomic E-state index is 12.2. The lowest BCUT2D eigenvalue weighted by atomic mass is 10.0. The second-order valence-electron chi connectivity index (χ2n) is 4.90. The molecule has 0 aliphatic carbocycles. The van der Waals surface area contributed by atoms with Crippen molar-refractivity contribution in [3.63, 3.8) is 0 Å². The van der Waals surface area contributed by atoms with E-state index in [0.717, 1.165) is 5.56 Å². The predicted octanol–water partition coefficient (Wildman–Crippen LogP) is 1.28. The maximum absolute atomic E-state index is 12.2. The lowest BCUT2D eigenvalue weighted by Crippen LogP contribution is -2.50. The molecule has 3 N–H and O–H groups in total. The summed E-state index contributed by atoms with van der Waals surface area (Å²) in [6.07, 6.45) is 0.258. The molecule has 0 bridgehead atoms. The number of carboxylic acids is 1. The Kier molecular flexibility index (Phi) is 3.52. The van der Waals surface area contributed by atoms with Crippen molar-refractivity contribution in [1.82, 2.24) is 4.90 Å². The number of nitrogens with two attached hydrogens (primary N) is 1. The van der Waals surface area contributed by atoms with Crippen LogP contribution >= 0.6 is 11.6 Å². The molecule has 1 aliphatic rings. The molecule has 6 heteroatoms. The normalized spacial score (nSPS) is 22.6. The van der Waals surface area contributed by atoms with E-state index in [4.69, 9.17) is 22.4 Å². The van der Waals surface area contributed by atoms with Gasteiger partial charge in [0, 0.05) is 23.7 Å². The van der Waals surface area contributed by atoms with Gasteiger partial charge in [0.05, 0.1) is 0 Å². The van der Waals surface area contributed by atoms with Crippen molar-refractivity contribution in [3.05, 3.63) is 34.3 Å². The molecule has 102 valence electrons. The molecule has 1 aromatic rings. The van der Waals surface area contributed by atoms with Crippen molar-refractivity contribution in [2.75, 3.05) is 13.1 Å². The molecule has 0 spiro atoms. The first-order valence-corrected chi connectivity index (χ1v) is 6.29. The Balaban J connectivity index is 2.18. The number of amides is 1. The lowest BCUT2D eigenvalue weighted by Gasteiger charge is -2.20. The molecule has 0 radical (unpaired) electrons. The van der Waals surface area contributed by atoms with E-state index in [1.807, 2.05) is 6.92 Å². The van der Waals surface area contributed by atoms with Gasteiger partial charge in [-0.3, -0.25) is 9.59 Å². The quantitative estimate of drug-likeness (QED) is 0.856. The summed E-state index contributed by atoms with van der Waals surface area (Å²) < 4.78 is 0. The highest BCUT2D eigenvalue weighted by molar-refractivity contribution is 6.31. The van der Waals surface area contributed by atoms with E-state index in [2.05, 4.69) is 0 Å². The molecule has 0 aromatic heterocycles. The summed E-state index contributed by atoms with van der Waals surface area (Å²) in [5.74, 6) is -1.32. The highest BCUT2D eigenvalue weighted by Gasteiger charge is 2.43. The number of hydrogen-bond donors (Lipinski definition) is 2. The van der Waals surface area contributed by atoms with Gasteiger partial charge in [-0.1, -0.05) is 17.7 Å². The molecular formula is C13H15ClN2O3. The molecule has 1 fully saturated rings. The molecule has 2 rings (SSSR count). The van der Waals surface area contributed by atoms with E-state index in [0.29, 0.717) is 17.1 Å². The van der Waals surface area contributed by atoms with Crippen LogP contribution in [0, 0.1) is 6.92 Å². The number of benzene rings is 1. The van der Waals surface area contributed by atoms with Gasteiger partial charge in [0.2, 0.25) is 0 Å². The molecular weight excluding hydrogens is 268 g/mol. The Hall–Kier alpha value is -1.59. The van der Waals surface area contributed by atoms with Crippen LogP contribution in [0.3, 0.4) is 0 Å². The molecule has 0 saturated carbocycles. The van der Waals surface area contributed by atoms with Gasteiger partial charge in [-0.2, -0.15) is 0 Å². The third kappa shape index (κ3) is 2.57. The summed E-state index contributed by atoms with van der Waals surface area (Å²) >= 11 is 5.98. The molecule has 5 nitrogen and oxygen atoms in total. The summed E-state index contributed by atoms with van der Waals surface area (Å²) in [5.41, 5.74) is 5.74. The van der Waals surface area contributed by atoms with E-state index in [1.54, 1.807) is 18.2 Å². The van der Waals surface area contributed by atoms with Gasteiger partial charge in [0.1, 0.15) is 5.54 Å². The fourth-order valence-corrected chi connectivity index (χ4v) is 2.27. The average molecular weight is 283 g/mol. The fraction of sp³-hybridized carbons (Fsp3) is 0.385. The minimum Gasteiger partial charge on any atom is -0.480 e. The van der Waals surface area contributed by atoms with Gasteiger partial charge in [-0.15, -0.1) is 0 Å². The monoisotopic (exact) mass is 282 g/mol. The Morgan fingerprint density at radius 3 is 2.68 bits per heavy atom. The van der Waals surface area contributed by atoms with Crippen LogP contribution in [-0.4, -0.2) is 40.5 Å². The van der Waals surface area contributed by atoms with Crippen molar-refractivity contribution >= 4 is 23.5 Å². The number of carboxylic acid groups (broad SMARTS) is 1.